The van der Waals surface area contributed by atoms with Crippen LogP contribution in [0.2, 0.25) is 0 Å². The number of fused-ring (bicyclic) bond motifs is 1. The van der Waals surface area contributed by atoms with E-state index in [1.165, 1.54) is 6.33 Å². The van der Waals surface area contributed by atoms with E-state index < -0.39 is 12.8 Å². The summed E-state index contributed by atoms with van der Waals surface area (Å²) in [6.45, 7) is -1.29. The molecule has 0 bridgehead atoms. The van der Waals surface area contributed by atoms with E-state index in [0.29, 0.717) is 6.42 Å². The summed E-state index contributed by atoms with van der Waals surface area (Å²) in [7, 11) is 0. The van der Waals surface area contributed by atoms with Gasteiger partial charge in [-0.25, -0.2) is 9.97 Å². The zero-order valence-corrected chi connectivity index (χ0v) is 14.8. The largest absolute Gasteiger partial charge is 0.484 e. The van der Waals surface area contributed by atoms with Crippen LogP contribution in [0.3, 0.4) is 0 Å². The number of benzene rings is 2. The number of halogens is 3. The molecule has 0 unspecified atom stereocenters. The first-order chi connectivity index (χ1) is 13.5. The summed E-state index contributed by atoms with van der Waals surface area (Å²) in [6, 6.07) is 12.6. The van der Waals surface area contributed by atoms with E-state index in [0.717, 1.165) is 40.1 Å². The number of ether oxygens (including phenoxy) is 1. The summed E-state index contributed by atoms with van der Waals surface area (Å²) < 4.78 is 41.5. The Kier molecular flexibility index (Phi) is 4.81. The van der Waals surface area contributed by atoms with E-state index in [9.17, 15) is 13.2 Å². The second-order valence-corrected chi connectivity index (χ2v) is 6.55. The van der Waals surface area contributed by atoms with Crippen molar-refractivity contribution in [2.75, 3.05) is 6.61 Å². The number of nitrogens with zero attached hydrogens (tertiary/aromatic N) is 3. The molecule has 4 nitrogen and oxygen atoms in total. The first-order valence-electron chi connectivity index (χ1n) is 8.69. The highest BCUT2D eigenvalue weighted by atomic mass is 19.4. The third-order valence-electron chi connectivity index (χ3n) is 4.36. The highest BCUT2D eigenvalue weighted by Gasteiger charge is 2.28. The number of aromatic nitrogens is 2. The lowest BCUT2D eigenvalue weighted by molar-refractivity contribution is -0.153. The van der Waals surface area contributed by atoms with E-state index in [1.807, 2.05) is 12.1 Å². The van der Waals surface area contributed by atoms with Crippen molar-refractivity contribution in [3.63, 3.8) is 0 Å². The number of hydrogen-bond acceptors (Lipinski definition) is 4. The van der Waals surface area contributed by atoms with Crippen LogP contribution in [0.4, 0.5) is 18.9 Å². The molecule has 0 saturated carbocycles. The van der Waals surface area contributed by atoms with Crippen molar-refractivity contribution in [1.29, 1.82) is 0 Å². The van der Waals surface area contributed by atoms with Crippen molar-refractivity contribution in [2.45, 2.75) is 19.0 Å². The molecule has 1 aliphatic heterocycles. The van der Waals surface area contributed by atoms with Gasteiger partial charge < -0.3 is 4.74 Å². The van der Waals surface area contributed by atoms with Gasteiger partial charge >= 0.3 is 6.18 Å². The summed E-state index contributed by atoms with van der Waals surface area (Å²) in [5.74, 6) is 0.193. The summed E-state index contributed by atoms with van der Waals surface area (Å²) in [6.07, 6.45) is 2.18. The zero-order chi connectivity index (χ0) is 19.6. The molecule has 3 aromatic rings. The van der Waals surface area contributed by atoms with Crippen molar-refractivity contribution < 1.29 is 17.9 Å². The number of hydrogen-bond donors (Lipinski definition) is 0. The van der Waals surface area contributed by atoms with Crippen LogP contribution in [0.5, 0.6) is 5.75 Å². The summed E-state index contributed by atoms with van der Waals surface area (Å²) >= 11 is 0. The number of rotatable bonds is 5. The first-order valence-corrected chi connectivity index (χ1v) is 8.69. The molecule has 0 N–H and O–H groups in total. The Hall–Kier alpha value is -3.22. The van der Waals surface area contributed by atoms with Gasteiger partial charge in [-0.3, -0.25) is 4.99 Å². The fourth-order valence-corrected chi connectivity index (χ4v) is 3.11. The minimum atomic E-state index is -4.35. The molecule has 0 aliphatic carbocycles. The topological polar surface area (TPSA) is 47.4 Å². The molecule has 4 rings (SSSR count). The van der Waals surface area contributed by atoms with Gasteiger partial charge in [-0.05, 0) is 46.5 Å². The number of alkyl halides is 3. The molecule has 7 heteroatoms. The molecule has 2 heterocycles. The van der Waals surface area contributed by atoms with E-state index in [4.69, 9.17) is 4.74 Å². The average molecular weight is 383 g/mol. The Bertz CT molecular complexity index is 1000. The van der Waals surface area contributed by atoms with Crippen molar-refractivity contribution in [3.8, 4) is 16.9 Å². The maximum Gasteiger partial charge on any atom is 0.422 e. The van der Waals surface area contributed by atoms with E-state index in [-0.39, 0.29) is 5.75 Å². The first kappa shape index (κ1) is 18.2. The van der Waals surface area contributed by atoms with Crippen molar-refractivity contribution >= 4 is 11.4 Å². The summed E-state index contributed by atoms with van der Waals surface area (Å²) in [4.78, 5) is 12.7. The number of aliphatic imine (C=N–C) groups is 1. The molecule has 28 heavy (non-hydrogen) atoms. The smallest absolute Gasteiger partial charge is 0.422 e. The Morgan fingerprint density at radius 2 is 1.64 bits per heavy atom. The summed E-state index contributed by atoms with van der Waals surface area (Å²) in [5.41, 5.74) is 6.04. The van der Waals surface area contributed by atoms with Crippen molar-refractivity contribution in [1.82, 2.24) is 9.97 Å². The Labute approximate surface area is 159 Å². The molecule has 2 aromatic carbocycles. The Balaban J connectivity index is 1.45. The van der Waals surface area contributed by atoms with Crippen molar-refractivity contribution in [2.24, 2.45) is 4.99 Å². The van der Waals surface area contributed by atoms with Crippen LogP contribution in [0.25, 0.3) is 11.1 Å². The average Bonchev–Trinajstić information content (AvgIpc) is 3.08. The van der Waals surface area contributed by atoms with Crippen LogP contribution in [0, 0.1) is 0 Å². The van der Waals surface area contributed by atoms with Gasteiger partial charge in [0.15, 0.2) is 6.61 Å². The predicted molar refractivity (Wildman–Crippen MR) is 100.0 cm³/mol. The molecule has 0 spiro atoms. The third-order valence-corrected chi connectivity index (χ3v) is 4.36. The van der Waals surface area contributed by atoms with Gasteiger partial charge in [-0.15, -0.1) is 0 Å². The van der Waals surface area contributed by atoms with Crippen LogP contribution in [0.15, 0.2) is 66.2 Å². The molecule has 0 saturated heterocycles. The van der Waals surface area contributed by atoms with Crippen LogP contribution < -0.4 is 4.74 Å². The molecule has 0 amide bonds. The van der Waals surface area contributed by atoms with Gasteiger partial charge in [0.2, 0.25) is 0 Å². The fourth-order valence-electron chi connectivity index (χ4n) is 3.11. The summed E-state index contributed by atoms with van der Waals surface area (Å²) in [5, 5.41) is 0. The molecular formula is C21H16F3N3O. The lowest BCUT2D eigenvalue weighted by atomic mass is 9.99. The highest BCUT2D eigenvalue weighted by molar-refractivity contribution is 5.95. The molecule has 0 atom stereocenters. The Morgan fingerprint density at radius 3 is 2.36 bits per heavy atom. The third kappa shape index (κ3) is 4.36. The highest BCUT2D eigenvalue weighted by Crippen LogP contribution is 2.33. The standard InChI is InChI=1S/C21H16F3N3O/c22-21(23,24)12-28-19-4-1-15(2-5-19)16-3-6-20-17(8-16)9-18(27-20)7-14-10-25-13-26-11-14/h1-6,8,10-11,13H,7,9,12H2. The van der Waals surface area contributed by atoms with Crippen LogP contribution in [0.1, 0.15) is 11.1 Å². The van der Waals surface area contributed by atoms with E-state index in [2.05, 4.69) is 21.0 Å². The molecular weight excluding hydrogens is 367 g/mol. The minimum absolute atomic E-state index is 0.193. The normalized spacial score (nSPS) is 13.2. The lowest BCUT2D eigenvalue weighted by Crippen LogP contribution is -2.19. The van der Waals surface area contributed by atoms with Crippen LogP contribution in [-0.4, -0.2) is 28.5 Å². The quantitative estimate of drug-likeness (QED) is 0.626. The van der Waals surface area contributed by atoms with Crippen LogP contribution in [-0.2, 0) is 12.8 Å². The SMILES string of the molecule is FC(F)(F)COc1ccc(-c2ccc3c(c2)CC(Cc2cncnc2)=N3)cc1. The molecule has 142 valence electrons. The molecule has 1 aromatic heterocycles. The second-order valence-electron chi connectivity index (χ2n) is 6.55. The molecule has 1 aliphatic rings. The monoisotopic (exact) mass is 383 g/mol. The zero-order valence-electron chi connectivity index (χ0n) is 14.8. The van der Waals surface area contributed by atoms with Crippen LogP contribution >= 0.6 is 0 Å². The van der Waals surface area contributed by atoms with Gasteiger partial charge in [0.25, 0.3) is 0 Å². The minimum Gasteiger partial charge on any atom is -0.484 e. The Morgan fingerprint density at radius 1 is 0.929 bits per heavy atom. The maximum atomic E-state index is 12.2. The lowest BCUT2D eigenvalue weighted by Gasteiger charge is -2.10. The van der Waals surface area contributed by atoms with Gasteiger partial charge in [0, 0.05) is 30.9 Å². The van der Waals surface area contributed by atoms with E-state index >= 15 is 0 Å². The maximum absolute atomic E-state index is 12.2. The van der Waals surface area contributed by atoms with E-state index in [1.54, 1.807) is 36.7 Å². The van der Waals surface area contributed by atoms with Crippen molar-refractivity contribution in [3.05, 3.63) is 72.3 Å². The fraction of sp³-hybridized carbons (Fsp3) is 0.190. The van der Waals surface area contributed by atoms with Gasteiger partial charge in [0.1, 0.15) is 12.1 Å². The van der Waals surface area contributed by atoms with Gasteiger partial charge in [0.05, 0.1) is 5.69 Å². The molecule has 0 radical (unpaired) electrons. The van der Waals surface area contributed by atoms with Gasteiger partial charge in [-0.2, -0.15) is 13.2 Å². The molecule has 0 fully saturated rings. The second kappa shape index (κ2) is 7.42. The predicted octanol–water partition coefficient (Wildman–Crippen LogP) is 4.96. The van der Waals surface area contributed by atoms with Gasteiger partial charge in [-0.1, -0.05) is 18.2 Å².